The first kappa shape index (κ1) is 11.7. The van der Waals surface area contributed by atoms with Gasteiger partial charge in [-0.3, -0.25) is 0 Å². The molecule has 0 aliphatic carbocycles. The molecule has 0 amide bonds. The lowest BCUT2D eigenvalue weighted by Gasteiger charge is -2.08. The Morgan fingerprint density at radius 1 is 1.50 bits per heavy atom. The molecule has 1 aromatic rings. The summed E-state index contributed by atoms with van der Waals surface area (Å²) in [5.74, 6) is 0. The van der Waals surface area contributed by atoms with Crippen molar-refractivity contribution < 1.29 is 4.74 Å². The van der Waals surface area contributed by atoms with Gasteiger partial charge in [0.05, 0.1) is 6.61 Å². The van der Waals surface area contributed by atoms with Crippen LogP contribution in [-0.4, -0.2) is 13.2 Å². The first-order valence-corrected chi connectivity index (χ1v) is 5.44. The van der Waals surface area contributed by atoms with Crippen LogP contribution in [0.3, 0.4) is 0 Å². The molecule has 2 nitrogen and oxygen atoms in total. The second-order valence-corrected chi connectivity index (χ2v) is 4.39. The maximum Gasteiger partial charge on any atom is 0.0724 e. The van der Waals surface area contributed by atoms with Crippen molar-refractivity contribution in [1.82, 2.24) is 0 Å². The van der Waals surface area contributed by atoms with Crippen molar-refractivity contribution in [3.05, 3.63) is 33.8 Å². The SMILES string of the molecule is COCc1ccc(CC(C)N)cc1Br. The minimum atomic E-state index is 0.204. The predicted octanol–water partition coefficient (Wildman–Crippen LogP) is 2.49. The standard InChI is InChI=1S/C11H16BrNO/c1-8(13)5-9-3-4-10(7-14-2)11(12)6-9/h3-4,6,8H,5,7,13H2,1-2H3. The number of hydrogen-bond donors (Lipinski definition) is 1. The second kappa shape index (κ2) is 5.49. The lowest BCUT2D eigenvalue weighted by molar-refractivity contribution is 0.184. The second-order valence-electron chi connectivity index (χ2n) is 3.54. The van der Waals surface area contributed by atoms with E-state index >= 15 is 0 Å². The van der Waals surface area contributed by atoms with Crippen LogP contribution in [0.2, 0.25) is 0 Å². The monoisotopic (exact) mass is 257 g/mol. The minimum Gasteiger partial charge on any atom is -0.380 e. The van der Waals surface area contributed by atoms with Gasteiger partial charge in [-0.1, -0.05) is 28.1 Å². The summed E-state index contributed by atoms with van der Waals surface area (Å²) in [6.07, 6.45) is 0.909. The van der Waals surface area contributed by atoms with Gasteiger partial charge in [0.15, 0.2) is 0 Å². The fourth-order valence-corrected chi connectivity index (χ4v) is 1.90. The van der Waals surface area contributed by atoms with Crippen LogP contribution < -0.4 is 5.73 Å². The van der Waals surface area contributed by atoms with E-state index < -0.39 is 0 Å². The average molecular weight is 258 g/mol. The molecular weight excluding hydrogens is 242 g/mol. The molecular formula is C11H16BrNO. The molecule has 0 heterocycles. The molecule has 14 heavy (non-hydrogen) atoms. The number of halogens is 1. The molecule has 1 rings (SSSR count). The van der Waals surface area contributed by atoms with Crippen LogP contribution in [0, 0.1) is 0 Å². The van der Waals surface area contributed by atoms with Gasteiger partial charge >= 0.3 is 0 Å². The third-order valence-electron chi connectivity index (χ3n) is 1.97. The van der Waals surface area contributed by atoms with Gasteiger partial charge < -0.3 is 10.5 Å². The number of methoxy groups -OCH3 is 1. The molecule has 2 N–H and O–H groups in total. The van der Waals surface area contributed by atoms with Crippen LogP contribution in [0.5, 0.6) is 0 Å². The predicted molar refractivity (Wildman–Crippen MR) is 62.2 cm³/mol. The molecule has 3 heteroatoms. The zero-order valence-corrected chi connectivity index (χ0v) is 10.2. The van der Waals surface area contributed by atoms with Gasteiger partial charge in [-0.2, -0.15) is 0 Å². The highest BCUT2D eigenvalue weighted by Crippen LogP contribution is 2.20. The smallest absolute Gasteiger partial charge is 0.0724 e. The first-order valence-electron chi connectivity index (χ1n) is 4.65. The Labute approximate surface area is 93.6 Å². The van der Waals surface area contributed by atoms with E-state index in [1.807, 2.05) is 6.92 Å². The number of nitrogens with two attached hydrogens (primary N) is 1. The van der Waals surface area contributed by atoms with Crippen LogP contribution >= 0.6 is 15.9 Å². The van der Waals surface area contributed by atoms with Crippen molar-refractivity contribution in [2.45, 2.75) is 26.0 Å². The Balaban J connectivity index is 2.78. The average Bonchev–Trinajstić information content (AvgIpc) is 2.09. The molecule has 0 aliphatic heterocycles. The molecule has 0 aliphatic rings. The van der Waals surface area contributed by atoms with Crippen molar-refractivity contribution in [2.75, 3.05) is 7.11 Å². The van der Waals surface area contributed by atoms with Crippen molar-refractivity contribution in [2.24, 2.45) is 5.73 Å². The molecule has 0 saturated heterocycles. The summed E-state index contributed by atoms with van der Waals surface area (Å²) in [6, 6.07) is 6.49. The topological polar surface area (TPSA) is 35.2 Å². The maximum absolute atomic E-state index is 5.73. The highest BCUT2D eigenvalue weighted by atomic mass is 79.9. The summed E-state index contributed by atoms with van der Waals surface area (Å²) in [4.78, 5) is 0. The van der Waals surface area contributed by atoms with E-state index in [4.69, 9.17) is 10.5 Å². The Hall–Kier alpha value is -0.380. The number of ether oxygens (including phenoxy) is 1. The van der Waals surface area contributed by atoms with Crippen molar-refractivity contribution in [1.29, 1.82) is 0 Å². The van der Waals surface area contributed by atoms with Crippen LogP contribution in [-0.2, 0) is 17.8 Å². The zero-order valence-electron chi connectivity index (χ0n) is 8.59. The van der Waals surface area contributed by atoms with Crippen LogP contribution in [0.1, 0.15) is 18.1 Å². The maximum atomic E-state index is 5.73. The largest absolute Gasteiger partial charge is 0.380 e. The van der Waals surface area contributed by atoms with Gasteiger partial charge in [-0.25, -0.2) is 0 Å². The van der Waals surface area contributed by atoms with Gasteiger partial charge in [-0.15, -0.1) is 0 Å². The Morgan fingerprint density at radius 2 is 2.21 bits per heavy atom. The van der Waals surface area contributed by atoms with Gasteiger partial charge in [0.2, 0.25) is 0 Å². The lowest BCUT2D eigenvalue weighted by atomic mass is 10.1. The zero-order chi connectivity index (χ0) is 10.6. The van der Waals surface area contributed by atoms with E-state index in [9.17, 15) is 0 Å². The third kappa shape index (κ3) is 3.40. The third-order valence-corrected chi connectivity index (χ3v) is 2.71. The fraction of sp³-hybridized carbons (Fsp3) is 0.455. The summed E-state index contributed by atoms with van der Waals surface area (Å²) in [5, 5.41) is 0. The van der Waals surface area contributed by atoms with E-state index in [0.29, 0.717) is 6.61 Å². The van der Waals surface area contributed by atoms with E-state index in [-0.39, 0.29) is 6.04 Å². The molecule has 0 fully saturated rings. The summed E-state index contributed by atoms with van der Waals surface area (Å²) >= 11 is 3.52. The molecule has 1 unspecified atom stereocenters. The fourth-order valence-electron chi connectivity index (χ4n) is 1.36. The summed E-state index contributed by atoms with van der Waals surface area (Å²) in [7, 11) is 1.70. The van der Waals surface area contributed by atoms with Crippen molar-refractivity contribution in [3.8, 4) is 0 Å². The number of rotatable bonds is 4. The van der Waals surface area contributed by atoms with E-state index in [1.165, 1.54) is 11.1 Å². The van der Waals surface area contributed by atoms with Gasteiger partial charge in [0.1, 0.15) is 0 Å². The van der Waals surface area contributed by atoms with E-state index in [1.54, 1.807) is 7.11 Å². The van der Waals surface area contributed by atoms with Crippen molar-refractivity contribution in [3.63, 3.8) is 0 Å². The van der Waals surface area contributed by atoms with Gasteiger partial charge in [0, 0.05) is 17.6 Å². The Bertz CT molecular complexity index is 299. The molecule has 0 aromatic heterocycles. The lowest BCUT2D eigenvalue weighted by Crippen LogP contribution is -2.17. The highest BCUT2D eigenvalue weighted by molar-refractivity contribution is 9.10. The molecule has 0 radical (unpaired) electrons. The molecule has 0 spiro atoms. The normalized spacial score (nSPS) is 12.9. The minimum absolute atomic E-state index is 0.204. The number of benzene rings is 1. The van der Waals surface area contributed by atoms with Crippen LogP contribution in [0.15, 0.2) is 22.7 Å². The quantitative estimate of drug-likeness (QED) is 0.900. The molecule has 1 atom stereocenters. The Morgan fingerprint density at radius 3 is 2.71 bits per heavy atom. The Kier molecular flexibility index (Phi) is 4.58. The van der Waals surface area contributed by atoms with E-state index in [0.717, 1.165) is 10.9 Å². The van der Waals surface area contributed by atoms with Crippen molar-refractivity contribution >= 4 is 15.9 Å². The van der Waals surface area contributed by atoms with Gasteiger partial charge in [-0.05, 0) is 30.5 Å². The van der Waals surface area contributed by atoms with Crippen LogP contribution in [0.4, 0.5) is 0 Å². The first-order chi connectivity index (χ1) is 6.63. The highest BCUT2D eigenvalue weighted by Gasteiger charge is 2.02. The molecule has 0 bridgehead atoms. The van der Waals surface area contributed by atoms with E-state index in [2.05, 4.69) is 34.1 Å². The van der Waals surface area contributed by atoms with Gasteiger partial charge in [0.25, 0.3) is 0 Å². The number of hydrogen-bond acceptors (Lipinski definition) is 2. The molecule has 78 valence electrons. The summed E-state index contributed by atoms with van der Waals surface area (Å²) in [5.41, 5.74) is 8.15. The van der Waals surface area contributed by atoms with Crippen LogP contribution in [0.25, 0.3) is 0 Å². The molecule has 1 aromatic carbocycles. The summed E-state index contributed by atoms with van der Waals surface area (Å²) in [6.45, 7) is 2.65. The summed E-state index contributed by atoms with van der Waals surface area (Å²) < 4.78 is 6.17. The molecule has 0 saturated carbocycles.